The molecule has 1 fully saturated rings. The first kappa shape index (κ1) is 14.7. The Bertz CT molecular complexity index is 392. The van der Waals surface area contributed by atoms with Gasteiger partial charge in [-0.15, -0.1) is 0 Å². The van der Waals surface area contributed by atoms with Crippen LogP contribution in [0, 0.1) is 6.92 Å². The van der Waals surface area contributed by atoms with Crippen LogP contribution in [0.15, 0.2) is 18.2 Å². The SMILES string of the molecule is COCCNCc1ccc(N2CCSCC2)c(C)c1. The molecular weight excluding hydrogens is 256 g/mol. The number of hydrogen-bond acceptors (Lipinski definition) is 4. The lowest BCUT2D eigenvalue weighted by Crippen LogP contribution is -2.32. The van der Waals surface area contributed by atoms with Crippen molar-refractivity contribution in [3.63, 3.8) is 0 Å². The van der Waals surface area contributed by atoms with Crippen molar-refractivity contribution >= 4 is 17.4 Å². The highest BCUT2D eigenvalue weighted by molar-refractivity contribution is 7.99. The molecule has 1 heterocycles. The molecule has 1 aromatic carbocycles. The minimum Gasteiger partial charge on any atom is -0.383 e. The maximum atomic E-state index is 5.03. The summed E-state index contributed by atoms with van der Waals surface area (Å²) in [5.41, 5.74) is 4.14. The molecule has 3 nitrogen and oxygen atoms in total. The van der Waals surface area contributed by atoms with Gasteiger partial charge in [-0.3, -0.25) is 0 Å². The molecule has 1 aliphatic heterocycles. The van der Waals surface area contributed by atoms with Gasteiger partial charge in [-0.2, -0.15) is 11.8 Å². The van der Waals surface area contributed by atoms with E-state index in [1.165, 1.54) is 41.4 Å². The molecule has 4 heteroatoms. The first-order chi connectivity index (χ1) is 9.31. The molecule has 0 radical (unpaired) electrons. The number of rotatable bonds is 6. The van der Waals surface area contributed by atoms with E-state index in [9.17, 15) is 0 Å². The van der Waals surface area contributed by atoms with Crippen molar-refractivity contribution in [2.75, 3.05) is 49.8 Å². The first-order valence-corrected chi connectivity index (χ1v) is 8.08. The first-order valence-electron chi connectivity index (χ1n) is 6.93. The quantitative estimate of drug-likeness (QED) is 0.808. The topological polar surface area (TPSA) is 24.5 Å². The summed E-state index contributed by atoms with van der Waals surface area (Å²) in [4.78, 5) is 2.51. The van der Waals surface area contributed by atoms with E-state index >= 15 is 0 Å². The molecule has 0 unspecified atom stereocenters. The fourth-order valence-corrected chi connectivity index (χ4v) is 3.30. The van der Waals surface area contributed by atoms with Crippen molar-refractivity contribution in [3.05, 3.63) is 29.3 Å². The molecule has 0 aromatic heterocycles. The average Bonchev–Trinajstić information content (AvgIpc) is 2.45. The van der Waals surface area contributed by atoms with Gasteiger partial charge in [-0.05, 0) is 24.1 Å². The smallest absolute Gasteiger partial charge is 0.0587 e. The second-order valence-electron chi connectivity index (χ2n) is 4.89. The Morgan fingerprint density at radius 1 is 1.32 bits per heavy atom. The van der Waals surface area contributed by atoms with Crippen LogP contribution < -0.4 is 10.2 Å². The fourth-order valence-electron chi connectivity index (χ4n) is 2.39. The van der Waals surface area contributed by atoms with Crippen LogP contribution in [0.2, 0.25) is 0 Å². The maximum absolute atomic E-state index is 5.03. The Hall–Kier alpha value is -0.710. The van der Waals surface area contributed by atoms with Gasteiger partial charge in [-0.1, -0.05) is 12.1 Å². The molecule has 106 valence electrons. The monoisotopic (exact) mass is 280 g/mol. The maximum Gasteiger partial charge on any atom is 0.0587 e. The third-order valence-corrected chi connectivity index (χ3v) is 4.37. The normalized spacial score (nSPS) is 15.8. The zero-order valence-corrected chi connectivity index (χ0v) is 12.8. The van der Waals surface area contributed by atoms with E-state index < -0.39 is 0 Å². The number of thioether (sulfide) groups is 1. The zero-order valence-electron chi connectivity index (χ0n) is 11.9. The number of aryl methyl sites for hydroxylation is 1. The van der Waals surface area contributed by atoms with E-state index in [1.807, 2.05) is 0 Å². The molecule has 1 aliphatic rings. The summed E-state index contributed by atoms with van der Waals surface area (Å²) in [5, 5.41) is 3.39. The summed E-state index contributed by atoms with van der Waals surface area (Å²) in [7, 11) is 1.73. The fraction of sp³-hybridized carbons (Fsp3) is 0.600. The molecule has 19 heavy (non-hydrogen) atoms. The van der Waals surface area contributed by atoms with Crippen molar-refractivity contribution in [2.45, 2.75) is 13.5 Å². The Morgan fingerprint density at radius 3 is 2.79 bits per heavy atom. The van der Waals surface area contributed by atoms with E-state index in [1.54, 1.807) is 7.11 Å². The van der Waals surface area contributed by atoms with Crippen molar-refractivity contribution in [1.82, 2.24) is 5.32 Å². The summed E-state index contributed by atoms with van der Waals surface area (Å²) >= 11 is 2.05. The minimum atomic E-state index is 0.766. The number of benzene rings is 1. The van der Waals surface area contributed by atoms with Crippen molar-refractivity contribution < 1.29 is 4.74 Å². The van der Waals surface area contributed by atoms with Crippen LogP contribution in [-0.4, -0.2) is 44.9 Å². The number of hydrogen-bond donors (Lipinski definition) is 1. The molecular formula is C15H24N2OS. The third kappa shape index (κ3) is 4.41. The van der Waals surface area contributed by atoms with Crippen LogP contribution in [0.4, 0.5) is 5.69 Å². The van der Waals surface area contributed by atoms with Gasteiger partial charge in [0.25, 0.3) is 0 Å². The summed E-state index contributed by atoms with van der Waals surface area (Å²) in [6.45, 7) is 7.16. The predicted octanol–water partition coefficient (Wildman–Crippen LogP) is 2.28. The van der Waals surface area contributed by atoms with Crippen LogP contribution in [0.3, 0.4) is 0 Å². The van der Waals surface area contributed by atoms with Crippen molar-refractivity contribution in [2.24, 2.45) is 0 Å². The molecule has 0 atom stereocenters. The lowest BCUT2D eigenvalue weighted by atomic mass is 10.1. The highest BCUT2D eigenvalue weighted by Crippen LogP contribution is 2.24. The lowest BCUT2D eigenvalue weighted by Gasteiger charge is -2.30. The molecule has 0 saturated carbocycles. The van der Waals surface area contributed by atoms with Crippen LogP contribution in [0.1, 0.15) is 11.1 Å². The van der Waals surface area contributed by atoms with Gasteiger partial charge in [0, 0.05) is 50.5 Å². The van der Waals surface area contributed by atoms with Gasteiger partial charge in [0.15, 0.2) is 0 Å². The number of ether oxygens (including phenoxy) is 1. The van der Waals surface area contributed by atoms with E-state index in [0.717, 1.165) is 19.7 Å². The number of anilines is 1. The van der Waals surface area contributed by atoms with Gasteiger partial charge in [0.05, 0.1) is 6.61 Å². The minimum absolute atomic E-state index is 0.766. The number of nitrogens with one attached hydrogen (secondary N) is 1. The second kappa shape index (κ2) is 7.78. The predicted molar refractivity (Wildman–Crippen MR) is 84.3 cm³/mol. The Morgan fingerprint density at radius 2 is 2.11 bits per heavy atom. The van der Waals surface area contributed by atoms with Crippen molar-refractivity contribution in [1.29, 1.82) is 0 Å². The van der Waals surface area contributed by atoms with Gasteiger partial charge in [0.2, 0.25) is 0 Å². The largest absolute Gasteiger partial charge is 0.383 e. The standard InChI is InChI=1S/C15H24N2OS/c1-13-11-14(12-16-5-8-18-2)3-4-15(13)17-6-9-19-10-7-17/h3-4,11,16H,5-10,12H2,1-2H3. The summed E-state index contributed by atoms with van der Waals surface area (Å²) in [6, 6.07) is 6.82. The van der Waals surface area contributed by atoms with Crippen LogP contribution in [0.5, 0.6) is 0 Å². The Labute approximate surface area is 120 Å². The molecule has 1 saturated heterocycles. The van der Waals surface area contributed by atoms with Gasteiger partial charge in [-0.25, -0.2) is 0 Å². The molecule has 1 N–H and O–H groups in total. The number of methoxy groups -OCH3 is 1. The summed E-state index contributed by atoms with van der Waals surface area (Å²) < 4.78 is 5.03. The molecule has 0 aliphatic carbocycles. The van der Waals surface area contributed by atoms with Crippen molar-refractivity contribution in [3.8, 4) is 0 Å². The van der Waals surface area contributed by atoms with Gasteiger partial charge < -0.3 is 15.0 Å². The zero-order chi connectivity index (χ0) is 13.5. The van der Waals surface area contributed by atoms with Gasteiger partial charge >= 0.3 is 0 Å². The van der Waals surface area contributed by atoms with E-state index in [4.69, 9.17) is 4.74 Å². The molecule has 0 amide bonds. The van der Waals surface area contributed by atoms with E-state index in [-0.39, 0.29) is 0 Å². The third-order valence-electron chi connectivity index (χ3n) is 3.43. The highest BCUT2D eigenvalue weighted by Gasteiger charge is 2.13. The molecule has 1 aromatic rings. The Balaban J connectivity index is 1.92. The molecule has 0 bridgehead atoms. The number of nitrogens with zero attached hydrogens (tertiary/aromatic N) is 1. The van der Waals surface area contributed by atoms with Crippen LogP contribution in [-0.2, 0) is 11.3 Å². The Kier molecular flexibility index (Phi) is 6.01. The second-order valence-corrected chi connectivity index (χ2v) is 6.11. The van der Waals surface area contributed by atoms with Gasteiger partial charge in [0.1, 0.15) is 0 Å². The van der Waals surface area contributed by atoms with Crippen LogP contribution in [0.25, 0.3) is 0 Å². The summed E-state index contributed by atoms with van der Waals surface area (Å²) in [5.74, 6) is 2.50. The van der Waals surface area contributed by atoms with E-state index in [2.05, 4.69) is 47.1 Å². The summed E-state index contributed by atoms with van der Waals surface area (Å²) in [6.07, 6.45) is 0. The lowest BCUT2D eigenvalue weighted by molar-refractivity contribution is 0.199. The molecule has 0 spiro atoms. The van der Waals surface area contributed by atoms with E-state index in [0.29, 0.717) is 0 Å². The highest BCUT2D eigenvalue weighted by atomic mass is 32.2. The molecule has 2 rings (SSSR count). The average molecular weight is 280 g/mol. The van der Waals surface area contributed by atoms with Crippen LogP contribution >= 0.6 is 11.8 Å².